The summed E-state index contributed by atoms with van der Waals surface area (Å²) in [7, 11) is 0. The Kier molecular flexibility index (Phi) is 4.01. The lowest BCUT2D eigenvalue weighted by molar-refractivity contribution is -0.129. The van der Waals surface area contributed by atoms with Crippen molar-refractivity contribution in [2.75, 3.05) is 6.54 Å². The molecule has 3 aromatic rings. The first-order valence-electron chi connectivity index (χ1n) is 8.31. The van der Waals surface area contributed by atoms with Crippen LogP contribution in [-0.2, 0) is 4.79 Å². The van der Waals surface area contributed by atoms with Gasteiger partial charge in [-0.3, -0.25) is 9.78 Å². The molecule has 6 nitrogen and oxygen atoms in total. The van der Waals surface area contributed by atoms with Gasteiger partial charge in [0, 0.05) is 36.8 Å². The molecule has 3 heterocycles. The third-order valence-corrected chi connectivity index (χ3v) is 4.64. The van der Waals surface area contributed by atoms with Gasteiger partial charge < -0.3 is 9.42 Å². The van der Waals surface area contributed by atoms with Crippen LogP contribution in [0.25, 0.3) is 11.5 Å². The highest BCUT2D eigenvalue weighted by atomic mass is 16.5. The second kappa shape index (κ2) is 6.47. The molecule has 126 valence electrons. The molecule has 0 spiro atoms. The van der Waals surface area contributed by atoms with Gasteiger partial charge in [0.25, 0.3) is 5.89 Å². The van der Waals surface area contributed by atoms with E-state index >= 15 is 0 Å². The van der Waals surface area contributed by atoms with Crippen molar-refractivity contribution in [1.82, 2.24) is 20.0 Å². The topological polar surface area (TPSA) is 72.1 Å². The summed E-state index contributed by atoms with van der Waals surface area (Å²) in [5, 5.41) is 4.09. The number of amides is 1. The summed E-state index contributed by atoms with van der Waals surface area (Å²) in [6, 6.07) is 13.7. The molecule has 0 saturated carbocycles. The molecule has 25 heavy (non-hydrogen) atoms. The monoisotopic (exact) mass is 334 g/mol. The maximum absolute atomic E-state index is 12.5. The Hall–Kier alpha value is -3.02. The maximum Gasteiger partial charge on any atom is 0.258 e. The molecule has 6 heteroatoms. The molecule has 4 rings (SSSR count). The van der Waals surface area contributed by atoms with Crippen LogP contribution in [0.2, 0.25) is 0 Å². The Morgan fingerprint density at radius 3 is 2.68 bits per heavy atom. The van der Waals surface area contributed by atoms with Gasteiger partial charge in [0.1, 0.15) is 0 Å². The van der Waals surface area contributed by atoms with E-state index in [0.29, 0.717) is 24.7 Å². The molecule has 1 aliphatic heterocycles. The molecule has 0 bridgehead atoms. The molecule has 2 atom stereocenters. The summed E-state index contributed by atoms with van der Waals surface area (Å²) in [5.74, 6) is 1.12. The van der Waals surface area contributed by atoms with Crippen molar-refractivity contribution in [2.45, 2.75) is 25.3 Å². The lowest BCUT2D eigenvalue weighted by Gasteiger charge is -2.25. The number of nitrogens with zero attached hydrogens (tertiary/aromatic N) is 4. The standard InChI is InChI=1S/C19H18N4O2/c1-13(14-5-3-2-4-6-14)23-12-16(11-17(23)24)18-21-19(25-22-18)15-7-9-20-10-8-15/h2-10,13,16H,11-12H2,1H3. The zero-order valence-electron chi connectivity index (χ0n) is 13.9. The first-order chi connectivity index (χ1) is 12.2. The van der Waals surface area contributed by atoms with E-state index < -0.39 is 0 Å². The van der Waals surface area contributed by atoms with E-state index in [1.165, 1.54) is 0 Å². The maximum atomic E-state index is 12.5. The number of aromatic nitrogens is 3. The van der Waals surface area contributed by atoms with Gasteiger partial charge in [0.05, 0.1) is 6.04 Å². The van der Waals surface area contributed by atoms with Crippen LogP contribution in [0.3, 0.4) is 0 Å². The Bertz CT molecular complexity index is 863. The van der Waals surface area contributed by atoms with Crippen molar-refractivity contribution in [1.29, 1.82) is 0 Å². The van der Waals surface area contributed by atoms with Crippen LogP contribution in [0.1, 0.15) is 36.7 Å². The van der Waals surface area contributed by atoms with E-state index in [2.05, 4.69) is 15.1 Å². The number of likely N-dealkylation sites (tertiary alicyclic amines) is 1. The van der Waals surface area contributed by atoms with Gasteiger partial charge in [-0.25, -0.2) is 0 Å². The summed E-state index contributed by atoms with van der Waals surface area (Å²) >= 11 is 0. The summed E-state index contributed by atoms with van der Waals surface area (Å²) in [6.07, 6.45) is 3.77. The number of hydrogen-bond donors (Lipinski definition) is 0. The largest absolute Gasteiger partial charge is 0.335 e. The zero-order valence-corrected chi connectivity index (χ0v) is 13.9. The normalized spacial score (nSPS) is 18.5. The lowest BCUT2D eigenvalue weighted by atomic mass is 10.1. The third-order valence-electron chi connectivity index (χ3n) is 4.64. The molecule has 0 aliphatic carbocycles. The van der Waals surface area contributed by atoms with Crippen LogP contribution in [-0.4, -0.2) is 32.5 Å². The predicted molar refractivity (Wildman–Crippen MR) is 91.5 cm³/mol. The molecule has 0 radical (unpaired) electrons. The average molecular weight is 334 g/mol. The number of benzene rings is 1. The van der Waals surface area contributed by atoms with Crippen LogP contribution in [0, 0.1) is 0 Å². The van der Waals surface area contributed by atoms with E-state index in [0.717, 1.165) is 11.1 Å². The van der Waals surface area contributed by atoms with Crippen molar-refractivity contribution in [3.8, 4) is 11.5 Å². The quantitative estimate of drug-likeness (QED) is 0.732. The lowest BCUT2D eigenvalue weighted by Crippen LogP contribution is -2.28. The fraction of sp³-hybridized carbons (Fsp3) is 0.263. The smallest absolute Gasteiger partial charge is 0.258 e. The third kappa shape index (κ3) is 3.03. The van der Waals surface area contributed by atoms with Crippen LogP contribution in [0.4, 0.5) is 0 Å². The minimum Gasteiger partial charge on any atom is -0.335 e. The highest BCUT2D eigenvalue weighted by Crippen LogP contribution is 2.33. The van der Waals surface area contributed by atoms with Crippen molar-refractivity contribution in [3.05, 3.63) is 66.2 Å². The SMILES string of the molecule is CC(c1ccccc1)N1CC(c2noc(-c3ccncc3)n2)CC1=O. The van der Waals surface area contributed by atoms with Gasteiger partial charge in [-0.15, -0.1) is 0 Å². The van der Waals surface area contributed by atoms with Gasteiger partial charge >= 0.3 is 0 Å². The molecule has 1 saturated heterocycles. The van der Waals surface area contributed by atoms with E-state index in [-0.39, 0.29) is 17.9 Å². The van der Waals surface area contributed by atoms with Crippen LogP contribution < -0.4 is 0 Å². The Morgan fingerprint density at radius 2 is 1.92 bits per heavy atom. The molecule has 1 aliphatic rings. The summed E-state index contributed by atoms with van der Waals surface area (Å²) in [5.41, 5.74) is 1.95. The Labute approximate surface area is 145 Å². The van der Waals surface area contributed by atoms with Gasteiger partial charge in [0.2, 0.25) is 5.91 Å². The van der Waals surface area contributed by atoms with Gasteiger partial charge in [-0.05, 0) is 24.6 Å². The molecular weight excluding hydrogens is 316 g/mol. The number of rotatable bonds is 4. The highest BCUT2D eigenvalue weighted by molar-refractivity contribution is 5.80. The van der Waals surface area contributed by atoms with Gasteiger partial charge in [-0.1, -0.05) is 35.5 Å². The van der Waals surface area contributed by atoms with E-state index in [1.54, 1.807) is 12.4 Å². The van der Waals surface area contributed by atoms with Crippen molar-refractivity contribution >= 4 is 5.91 Å². The molecule has 1 fully saturated rings. The number of hydrogen-bond acceptors (Lipinski definition) is 5. The Morgan fingerprint density at radius 1 is 1.16 bits per heavy atom. The number of carbonyl (C=O) groups is 1. The minimum absolute atomic E-state index is 0.0327. The number of pyridine rings is 1. The second-order valence-electron chi connectivity index (χ2n) is 6.23. The first-order valence-corrected chi connectivity index (χ1v) is 8.31. The summed E-state index contributed by atoms with van der Waals surface area (Å²) in [6.45, 7) is 2.65. The summed E-state index contributed by atoms with van der Waals surface area (Å²) in [4.78, 5) is 22.8. The first kappa shape index (κ1) is 15.5. The van der Waals surface area contributed by atoms with Crippen LogP contribution in [0.5, 0.6) is 0 Å². The Balaban J connectivity index is 1.52. The highest BCUT2D eigenvalue weighted by Gasteiger charge is 2.36. The van der Waals surface area contributed by atoms with E-state index in [9.17, 15) is 4.79 Å². The number of carbonyl (C=O) groups excluding carboxylic acids is 1. The summed E-state index contributed by atoms with van der Waals surface area (Å²) < 4.78 is 5.36. The molecule has 1 aromatic carbocycles. The zero-order chi connectivity index (χ0) is 17.2. The fourth-order valence-corrected chi connectivity index (χ4v) is 3.20. The minimum atomic E-state index is -0.0435. The van der Waals surface area contributed by atoms with Crippen LogP contribution in [0.15, 0.2) is 59.4 Å². The molecule has 0 N–H and O–H groups in total. The molecular formula is C19H18N4O2. The van der Waals surface area contributed by atoms with Crippen molar-refractivity contribution in [3.63, 3.8) is 0 Å². The molecule has 1 amide bonds. The van der Waals surface area contributed by atoms with Gasteiger partial charge in [0.15, 0.2) is 5.82 Å². The van der Waals surface area contributed by atoms with Crippen LogP contribution >= 0.6 is 0 Å². The molecule has 2 unspecified atom stereocenters. The van der Waals surface area contributed by atoms with Gasteiger partial charge in [-0.2, -0.15) is 4.98 Å². The second-order valence-corrected chi connectivity index (χ2v) is 6.23. The van der Waals surface area contributed by atoms with Crippen molar-refractivity contribution < 1.29 is 9.32 Å². The van der Waals surface area contributed by atoms with Crippen molar-refractivity contribution in [2.24, 2.45) is 0 Å². The fourth-order valence-electron chi connectivity index (χ4n) is 3.20. The predicted octanol–water partition coefficient (Wildman–Crippen LogP) is 3.21. The van der Waals surface area contributed by atoms with E-state index in [4.69, 9.17) is 4.52 Å². The van der Waals surface area contributed by atoms with E-state index in [1.807, 2.05) is 54.3 Å². The average Bonchev–Trinajstić information content (AvgIpc) is 3.29. The molecule has 2 aromatic heterocycles.